The smallest absolute Gasteiger partial charge is 0.196 e. The minimum Gasteiger partial charge on any atom is -0.399 e. The molecule has 0 spiro atoms. The summed E-state index contributed by atoms with van der Waals surface area (Å²) in [5.41, 5.74) is 15.6. The van der Waals surface area contributed by atoms with Crippen molar-refractivity contribution < 1.29 is 4.79 Å². The first-order valence-electron chi connectivity index (χ1n) is 9.23. The van der Waals surface area contributed by atoms with E-state index in [9.17, 15) is 4.79 Å². The van der Waals surface area contributed by atoms with Crippen LogP contribution in [0.5, 0.6) is 0 Å². The first-order chi connectivity index (χ1) is 13.6. The zero-order valence-electron chi connectivity index (χ0n) is 16.7. The second-order valence-corrected chi connectivity index (χ2v) is 9.59. The maximum atomic E-state index is 13.2. The van der Waals surface area contributed by atoms with E-state index < -0.39 is 0 Å². The molecule has 3 aromatic rings. The van der Waals surface area contributed by atoms with E-state index in [-0.39, 0.29) is 11.2 Å². The molecule has 148 valence electrons. The molecule has 0 amide bonds. The molecule has 3 rings (SSSR count). The average molecular weight is 423 g/mol. The van der Waals surface area contributed by atoms with Gasteiger partial charge in [0, 0.05) is 21.8 Å². The fourth-order valence-electron chi connectivity index (χ4n) is 3.02. The van der Waals surface area contributed by atoms with E-state index in [0.717, 1.165) is 16.0 Å². The molecule has 0 aliphatic carbocycles. The van der Waals surface area contributed by atoms with Gasteiger partial charge in [0.25, 0.3) is 0 Å². The molecule has 0 saturated heterocycles. The summed E-state index contributed by atoms with van der Waals surface area (Å²) in [5.74, 6) is 6.26. The van der Waals surface area contributed by atoms with Gasteiger partial charge < -0.3 is 11.5 Å². The summed E-state index contributed by atoms with van der Waals surface area (Å²) in [6, 6.07) is 14.3. The van der Waals surface area contributed by atoms with Crippen LogP contribution in [0.15, 0.2) is 48.5 Å². The van der Waals surface area contributed by atoms with Crippen molar-refractivity contribution in [3.8, 4) is 11.8 Å². The molecule has 4 N–H and O–H groups in total. The molecule has 29 heavy (non-hydrogen) atoms. The van der Waals surface area contributed by atoms with Gasteiger partial charge in [0.05, 0.1) is 15.4 Å². The van der Waals surface area contributed by atoms with Crippen LogP contribution < -0.4 is 11.5 Å². The Morgan fingerprint density at radius 3 is 2.38 bits per heavy atom. The Balaban J connectivity index is 2.09. The maximum absolute atomic E-state index is 13.2. The molecule has 0 fully saturated rings. The Morgan fingerprint density at radius 2 is 1.76 bits per heavy atom. The van der Waals surface area contributed by atoms with Crippen molar-refractivity contribution in [3.05, 3.63) is 80.7 Å². The summed E-state index contributed by atoms with van der Waals surface area (Å²) in [6.45, 7) is 6.39. The quantitative estimate of drug-likeness (QED) is 0.319. The van der Waals surface area contributed by atoms with E-state index >= 15 is 0 Å². The standard InChI is InChI=1S/C24H23ClN2OS/c1-24(2,3)14-19-20(12-7-15-5-4-6-18(26)13-15)29-23(27)21(19)22(28)16-8-10-17(25)11-9-16/h4-6,8-11,13H,14,26-27H2,1-3H3. The number of nitrogen functional groups attached to an aromatic ring is 2. The second kappa shape index (κ2) is 8.32. The van der Waals surface area contributed by atoms with Crippen LogP contribution in [0.3, 0.4) is 0 Å². The van der Waals surface area contributed by atoms with Crippen LogP contribution >= 0.6 is 22.9 Å². The highest BCUT2D eigenvalue weighted by Gasteiger charge is 2.26. The lowest BCUT2D eigenvalue weighted by Gasteiger charge is -2.19. The van der Waals surface area contributed by atoms with Crippen molar-refractivity contribution in [2.75, 3.05) is 11.5 Å². The third-order valence-corrected chi connectivity index (χ3v) is 5.51. The van der Waals surface area contributed by atoms with Gasteiger partial charge in [-0.1, -0.05) is 50.3 Å². The lowest BCUT2D eigenvalue weighted by molar-refractivity contribution is 0.103. The number of rotatable bonds is 3. The average Bonchev–Trinajstić information content (AvgIpc) is 2.93. The van der Waals surface area contributed by atoms with Gasteiger partial charge >= 0.3 is 0 Å². The molecule has 0 bridgehead atoms. The van der Waals surface area contributed by atoms with E-state index in [2.05, 4.69) is 32.6 Å². The van der Waals surface area contributed by atoms with Crippen LogP contribution in [0.4, 0.5) is 10.7 Å². The number of nitrogens with two attached hydrogens (primary N) is 2. The number of benzene rings is 2. The van der Waals surface area contributed by atoms with Crippen LogP contribution in [-0.4, -0.2) is 5.78 Å². The van der Waals surface area contributed by atoms with Gasteiger partial charge in [-0.2, -0.15) is 0 Å². The topological polar surface area (TPSA) is 69.1 Å². The number of thiophene rings is 1. The maximum Gasteiger partial charge on any atom is 0.196 e. The SMILES string of the molecule is CC(C)(C)Cc1c(C#Cc2cccc(N)c2)sc(N)c1C(=O)c1ccc(Cl)cc1. The fraction of sp³-hybridized carbons (Fsp3) is 0.208. The molecule has 0 saturated carbocycles. The largest absolute Gasteiger partial charge is 0.399 e. The van der Waals surface area contributed by atoms with Crippen molar-refractivity contribution in [2.45, 2.75) is 27.2 Å². The van der Waals surface area contributed by atoms with Crippen LogP contribution in [0.1, 0.15) is 52.7 Å². The molecule has 5 heteroatoms. The Kier molecular flexibility index (Phi) is 6.02. The Morgan fingerprint density at radius 1 is 1.07 bits per heavy atom. The number of anilines is 2. The number of hydrogen-bond donors (Lipinski definition) is 2. The molecular formula is C24H23ClN2OS. The Hall–Kier alpha value is -2.74. The third-order valence-electron chi connectivity index (χ3n) is 4.28. The molecule has 1 heterocycles. The van der Waals surface area contributed by atoms with E-state index in [0.29, 0.717) is 33.3 Å². The van der Waals surface area contributed by atoms with Gasteiger partial charge in [-0.05, 0) is 59.9 Å². The Bertz CT molecular complexity index is 1110. The van der Waals surface area contributed by atoms with Crippen LogP contribution in [0, 0.1) is 17.3 Å². The van der Waals surface area contributed by atoms with E-state index in [1.165, 1.54) is 11.3 Å². The highest BCUT2D eigenvalue weighted by atomic mass is 35.5. The van der Waals surface area contributed by atoms with Gasteiger partial charge in [0.15, 0.2) is 5.78 Å². The molecule has 1 aromatic heterocycles. The third kappa shape index (κ3) is 5.20. The number of carbonyl (C=O) groups is 1. The predicted octanol–water partition coefficient (Wildman–Crippen LogP) is 5.79. The highest BCUT2D eigenvalue weighted by molar-refractivity contribution is 7.17. The van der Waals surface area contributed by atoms with Gasteiger partial charge in [-0.15, -0.1) is 11.3 Å². The first-order valence-corrected chi connectivity index (χ1v) is 10.4. The molecule has 0 unspecified atom stereocenters. The molecule has 0 radical (unpaired) electrons. The minimum atomic E-state index is -0.105. The van der Waals surface area contributed by atoms with Crippen LogP contribution in [-0.2, 0) is 6.42 Å². The highest BCUT2D eigenvalue weighted by Crippen LogP contribution is 2.36. The van der Waals surface area contributed by atoms with E-state index in [1.54, 1.807) is 24.3 Å². The Labute approximate surface area is 180 Å². The predicted molar refractivity (Wildman–Crippen MR) is 124 cm³/mol. The van der Waals surface area contributed by atoms with Crippen molar-refractivity contribution in [1.82, 2.24) is 0 Å². The van der Waals surface area contributed by atoms with Crippen molar-refractivity contribution in [1.29, 1.82) is 0 Å². The number of carbonyl (C=O) groups excluding carboxylic acids is 1. The molecule has 0 atom stereocenters. The van der Waals surface area contributed by atoms with Crippen molar-refractivity contribution in [3.63, 3.8) is 0 Å². The van der Waals surface area contributed by atoms with Gasteiger partial charge in [-0.3, -0.25) is 4.79 Å². The first kappa shape index (κ1) is 21.0. The summed E-state index contributed by atoms with van der Waals surface area (Å²) < 4.78 is 0. The van der Waals surface area contributed by atoms with E-state index in [1.807, 2.05) is 24.3 Å². The lowest BCUT2D eigenvalue weighted by atomic mass is 9.85. The summed E-state index contributed by atoms with van der Waals surface area (Å²) >= 11 is 7.32. The zero-order chi connectivity index (χ0) is 21.2. The molecule has 0 aliphatic heterocycles. The van der Waals surface area contributed by atoms with Gasteiger partial charge in [-0.25, -0.2) is 0 Å². The fourth-order valence-corrected chi connectivity index (χ4v) is 4.09. The summed E-state index contributed by atoms with van der Waals surface area (Å²) in [7, 11) is 0. The number of hydrogen-bond acceptors (Lipinski definition) is 4. The van der Waals surface area contributed by atoms with Crippen molar-refractivity contribution in [2.24, 2.45) is 5.41 Å². The molecular weight excluding hydrogens is 400 g/mol. The van der Waals surface area contributed by atoms with Crippen molar-refractivity contribution >= 4 is 39.4 Å². The molecule has 0 aliphatic rings. The molecule has 3 nitrogen and oxygen atoms in total. The normalized spacial score (nSPS) is 11.0. The minimum absolute atomic E-state index is 0.0316. The monoisotopic (exact) mass is 422 g/mol. The number of halogens is 1. The summed E-state index contributed by atoms with van der Waals surface area (Å²) in [4.78, 5) is 14.1. The van der Waals surface area contributed by atoms with Gasteiger partial charge in [0.2, 0.25) is 0 Å². The summed E-state index contributed by atoms with van der Waals surface area (Å²) in [5, 5.41) is 1.07. The van der Waals surface area contributed by atoms with E-state index in [4.69, 9.17) is 23.1 Å². The second-order valence-electron chi connectivity index (χ2n) is 8.10. The van der Waals surface area contributed by atoms with Crippen LogP contribution in [0.25, 0.3) is 0 Å². The van der Waals surface area contributed by atoms with Crippen LogP contribution in [0.2, 0.25) is 5.02 Å². The zero-order valence-corrected chi connectivity index (χ0v) is 18.2. The van der Waals surface area contributed by atoms with Gasteiger partial charge in [0.1, 0.15) is 0 Å². The molecule has 2 aromatic carbocycles. The summed E-state index contributed by atoms with van der Waals surface area (Å²) in [6.07, 6.45) is 0.691. The number of ketones is 1. The lowest BCUT2D eigenvalue weighted by Crippen LogP contribution is -2.14.